The highest BCUT2D eigenvalue weighted by molar-refractivity contribution is 5.92. The fraction of sp³-hybridized carbons (Fsp3) is 0.318. The van der Waals surface area contributed by atoms with Crippen LogP contribution in [0.4, 0.5) is 5.69 Å². The molecule has 0 spiro atoms. The second kappa shape index (κ2) is 8.55. The third-order valence-corrected chi connectivity index (χ3v) is 5.36. The largest absolute Gasteiger partial charge is 0.478 e. The zero-order valence-electron chi connectivity index (χ0n) is 16.9. The van der Waals surface area contributed by atoms with E-state index in [1.54, 1.807) is 17.0 Å². The lowest BCUT2D eigenvalue weighted by atomic mass is 10.1. The Hall–Kier alpha value is -3.75. The quantitative estimate of drug-likeness (QED) is 0.675. The van der Waals surface area contributed by atoms with Gasteiger partial charge in [-0.2, -0.15) is 0 Å². The minimum atomic E-state index is -1.05. The summed E-state index contributed by atoms with van der Waals surface area (Å²) in [5, 5.41) is 12.4. The van der Waals surface area contributed by atoms with Crippen LogP contribution in [0.2, 0.25) is 0 Å². The normalized spacial score (nSPS) is 16.9. The van der Waals surface area contributed by atoms with E-state index in [1.165, 1.54) is 13.2 Å². The molecule has 4 rings (SSSR count). The van der Waals surface area contributed by atoms with Gasteiger partial charge in [0.1, 0.15) is 6.04 Å². The maximum atomic E-state index is 13.2. The molecular weight excluding hydrogens is 404 g/mol. The van der Waals surface area contributed by atoms with E-state index in [1.807, 2.05) is 18.2 Å². The molecule has 0 saturated heterocycles. The number of hydrogen-bond acceptors (Lipinski definition) is 7. The zero-order valence-corrected chi connectivity index (χ0v) is 16.9. The smallest absolute Gasteiger partial charge is 0.335 e. The molecule has 9 nitrogen and oxygen atoms in total. The van der Waals surface area contributed by atoms with E-state index in [0.717, 1.165) is 5.56 Å². The lowest BCUT2D eigenvalue weighted by Crippen LogP contribution is -2.42. The number of anilines is 1. The van der Waals surface area contributed by atoms with Crippen LogP contribution in [0.15, 0.2) is 36.4 Å². The van der Waals surface area contributed by atoms with Crippen LogP contribution in [0, 0.1) is 0 Å². The Bertz CT molecular complexity index is 1040. The van der Waals surface area contributed by atoms with Crippen LogP contribution >= 0.6 is 0 Å². The number of ether oxygens (including phenoxy) is 3. The zero-order chi connectivity index (χ0) is 22.0. The van der Waals surface area contributed by atoms with Crippen molar-refractivity contribution in [2.24, 2.45) is 0 Å². The van der Waals surface area contributed by atoms with Gasteiger partial charge >= 0.3 is 11.9 Å². The van der Waals surface area contributed by atoms with Gasteiger partial charge in [0, 0.05) is 18.8 Å². The van der Waals surface area contributed by atoms with Gasteiger partial charge in [-0.1, -0.05) is 6.07 Å². The predicted molar refractivity (Wildman–Crippen MR) is 109 cm³/mol. The average molecular weight is 426 g/mol. The van der Waals surface area contributed by atoms with Crippen molar-refractivity contribution < 1.29 is 33.7 Å². The molecule has 2 aromatic rings. The molecule has 9 heteroatoms. The number of hydrogen-bond donors (Lipinski definition) is 2. The Kier molecular flexibility index (Phi) is 5.66. The first-order valence-electron chi connectivity index (χ1n) is 9.81. The molecule has 1 unspecified atom stereocenters. The predicted octanol–water partition coefficient (Wildman–Crippen LogP) is 2.04. The number of esters is 1. The molecule has 0 radical (unpaired) electrons. The van der Waals surface area contributed by atoms with Crippen LogP contribution in [-0.2, 0) is 27.3 Å². The number of carbonyl (C=O) groups excluding carboxylic acids is 2. The lowest BCUT2D eigenvalue weighted by Gasteiger charge is -2.24. The highest BCUT2D eigenvalue weighted by Crippen LogP contribution is 2.33. The van der Waals surface area contributed by atoms with E-state index < -0.39 is 18.0 Å². The first kappa shape index (κ1) is 20.5. The first-order chi connectivity index (χ1) is 14.9. The van der Waals surface area contributed by atoms with Gasteiger partial charge in [-0.3, -0.25) is 9.59 Å². The molecule has 1 amide bonds. The summed E-state index contributed by atoms with van der Waals surface area (Å²) in [6, 6.07) is 9.46. The van der Waals surface area contributed by atoms with Crippen LogP contribution in [-0.4, -0.2) is 54.3 Å². The summed E-state index contributed by atoms with van der Waals surface area (Å²) in [4.78, 5) is 38.1. The lowest BCUT2D eigenvalue weighted by molar-refractivity contribution is -0.144. The van der Waals surface area contributed by atoms with Crippen molar-refractivity contribution in [3.05, 3.63) is 53.1 Å². The van der Waals surface area contributed by atoms with Crippen molar-refractivity contribution >= 4 is 23.5 Å². The minimum absolute atomic E-state index is 0.129. The SMILES string of the molecule is COC(=O)CC1Nc2ccc(C(=O)O)cc2CN(CCc2ccc3c(c2)OCO3)C1=O. The molecule has 0 fully saturated rings. The summed E-state index contributed by atoms with van der Waals surface area (Å²) in [7, 11) is 1.27. The summed E-state index contributed by atoms with van der Waals surface area (Å²) in [6.07, 6.45) is 0.428. The fourth-order valence-electron chi connectivity index (χ4n) is 3.69. The maximum Gasteiger partial charge on any atom is 0.335 e. The molecule has 31 heavy (non-hydrogen) atoms. The Morgan fingerprint density at radius 3 is 2.77 bits per heavy atom. The fourth-order valence-corrected chi connectivity index (χ4v) is 3.69. The molecule has 0 saturated carbocycles. The molecular formula is C22H22N2O7. The van der Waals surface area contributed by atoms with Crippen molar-refractivity contribution in [3.8, 4) is 11.5 Å². The number of rotatable bonds is 6. The molecule has 1 atom stereocenters. The summed E-state index contributed by atoms with van der Waals surface area (Å²) >= 11 is 0. The second-order valence-corrected chi connectivity index (χ2v) is 7.35. The number of nitrogens with zero attached hydrogens (tertiary/aromatic N) is 1. The van der Waals surface area contributed by atoms with Crippen LogP contribution < -0.4 is 14.8 Å². The number of methoxy groups -OCH3 is 1. The van der Waals surface area contributed by atoms with Gasteiger partial charge < -0.3 is 29.5 Å². The minimum Gasteiger partial charge on any atom is -0.478 e. The van der Waals surface area contributed by atoms with E-state index >= 15 is 0 Å². The number of carbonyl (C=O) groups is 3. The van der Waals surface area contributed by atoms with Gasteiger partial charge in [0.05, 0.1) is 19.1 Å². The third kappa shape index (κ3) is 4.40. The van der Waals surface area contributed by atoms with Crippen LogP contribution in [0.1, 0.15) is 27.9 Å². The van der Waals surface area contributed by atoms with Gasteiger partial charge in [-0.15, -0.1) is 0 Å². The van der Waals surface area contributed by atoms with E-state index in [0.29, 0.717) is 35.7 Å². The summed E-state index contributed by atoms with van der Waals surface area (Å²) in [5.74, 6) is -0.448. The highest BCUT2D eigenvalue weighted by Gasteiger charge is 2.31. The Morgan fingerprint density at radius 1 is 1.19 bits per heavy atom. The molecule has 0 aliphatic carbocycles. The average Bonchev–Trinajstić information content (AvgIpc) is 3.19. The highest BCUT2D eigenvalue weighted by atomic mass is 16.7. The number of fused-ring (bicyclic) bond motifs is 2. The Morgan fingerprint density at radius 2 is 2.00 bits per heavy atom. The number of amides is 1. The van der Waals surface area contributed by atoms with Crippen molar-refractivity contribution in [1.82, 2.24) is 4.90 Å². The van der Waals surface area contributed by atoms with Crippen molar-refractivity contribution in [1.29, 1.82) is 0 Å². The monoisotopic (exact) mass is 426 g/mol. The van der Waals surface area contributed by atoms with E-state index in [9.17, 15) is 19.5 Å². The number of carboxylic acids is 1. The third-order valence-electron chi connectivity index (χ3n) is 5.36. The van der Waals surface area contributed by atoms with Crippen LogP contribution in [0.5, 0.6) is 11.5 Å². The molecule has 2 aliphatic heterocycles. The van der Waals surface area contributed by atoms with Gasteiger partial charge in [0.2, 0.25) is 12.7 Å². The molecule has 2 heterocycles. The standard InChI is InChI=1S/C22H22N2O7/c1-29-20(25)10-17-21(26)24(7-6-13-2-5-18-19(8-13)31-12-30-18)11-15-9-14(22(27)28)3-4-16(15)23-17/h2-5,8-9,17,23H,6-7,10-12H2,1H3,(H,27,28). The summed E-state index contributed by atoms with van der Waals surface area (Å²) in [5.41, 5.74) is 2.40. The first-order valence-corrected chi connectivity index (χ1v) is 9.81. The molecule has 0 aromatic heterocycles. The van der Waals surface area contributed by atoms with Crippen molar-refractivity contribution in [3.63, 3.8) is 0 Å². The van der Waals surface area contributed by atoms with Gasteiger partial charge in [0.15, 0.2) is 11.5 Å². The van der Waals surface area contributed by atoms with Crippen LogP contribution in [0.3, 0.4) is 0 Å². The van der Waals surface area contributed by atoms with E-state index in [4.69, 9.17) is 14.2 Å². The second-order valence-electron chi connectivity index (χ2n) is 7.35. The molecule has 162 valence electrons. The van der Waals surface area contributed by atoms with Crippen molar-refractivity contribution in [2.45, 2.75) is 25.4 Å². The molecule has 2 aromatic carbocycles. The molecule has 2 aliphatic rings. The van der Waals surface area contributed by atoms with Gasteiger partial charge in [0.25, 0.3) is 0 Å². The van der Waals surface area contributed by atoms with Crippen molar-refractivity contribution in [2.75, 3.05) is 25.8 Å². The number of nitrogens with one attached hydrogen (secondary N) is 1. The van der Waals surface area contributed by atoms with Crippen LogP contribution in [0.25, 0.3) is 0 Å². The number of carboxylic acid groups (broad SMARTS) is 1. The van der Waals surface area contributed by atoms with E-state index in [-0.39, 0.29) is 31.2 Å². The van der Waals surface area contributed by atoms with E-state index in [2.05, 4.69) is 5.32 Å². The summed E-state index contributed by atoms with van der Waals surface area (Å²) < 4.78 is 15.5. The molecule has 2 N–H and O–H groups in total. The maximum absolute atomic E-state index is 13.2. The number of benzene rings is 2. The topological polar surface area (TPSA) is 114 Å². The number of aromatic carboxylic acids is 1. The van der Waals surface area contributed by atoms with Gasteiger partial charge in [-0.05, 0) is 47.9 Å². The summed E-state index contributed by atoms with van der Waals surface area (Å²) in [6.45, 7) is 0.798. The van der Waals surface area contributed by atoms with Gasteiger partial charge in [-0.25, -0.2) is 4.79 Å². The molecule has 0 bridgehead atoms. The Labute approximate surface area is 178 Å². The Balaban J connectivity index is 1.58.